The van der Waals surface area contributed by atoms with Crippen molar-refractivity contribution < 1.29 is 19.1 Å². The number of hydrogen-bond acceptors (Lipinski definition) is 4. The summed E-state index contributed by atoms with van der Waals surface area (Å²) in [6, 6.07) is 0. The summed E-state index contributed by atoms with van der Waals surface area (Å²) in [5, 5.41) is 3.07. The van der Waals surface area contributed by atoms with E-state index in [1.165, 1.54) is 24.7 Å². The van der Waals surface area contributed by atoms with Crippen LogP contribution in [0.15, 0.2) is 11.6 Å². The molecule has 4 fully saturated rings. The zero-order valence-corrected chi connectivity index (χ0v) is 18.6. The predicted octanol–water partition coefficient (Wildman–Crippen LogP) is 4.01. The Labute approximate surface area is 180 Å². The van der Waals surface area contributed by atoms with Gasteiger partial charge in [-0.05, 0) is 73.5 Å². The molecule has 2 unspecified atom stereocenters. The lowest BCUT2D eigenvalue weighted by molar-refractivity contribution is -0.187. The Kier molecular flexibility index (Phi) is 5.13. The molecule has 1 N–H and O–H groups in total. The first-order chi connectivity index (χ1) is 14.4. The van der Waals surface area contributed by atoms with Gasteiger partial charge >= 0.3 is 0 Å². The van der Waals surface area contributed by atoms with Crippen LogP contribution in [0.4, 0.5) is 0 Å². The Morgan fingerprint density at radius 1 is 1.17 bits per heavy atom. The van der Waals surface area contributed by atoms with Gasteiger partial charge in [-0.1, -0.05) is 18.6 Å². The minimum Gasteiger partial charge on any atom is -0.356 e. The molecule has 0 radical (unpaired) electrons. The summed E-state index contributed by atoms with van der Waals surface area (Å²) >= 11 is 0. The molecule has 0 aromatic heterocycles. The number of aldehydes is 1. The number of amides is 1. The van der Waals surface area contributed by atoms with Crippen molar-refractivity contribution in [3.8, 4) is 0 Å². The quantitative estimate of drug-likeness (QED) is 0.556. The van der Waals surface area contributed by atoms with Crippen LogP contribution in [0, 0.1) is 34.5 Å². The zero-order valence-electron chi connectivity index (χ0n) is 18.6. The molecule has 5 aliphatic rings. The highest BCUT2D eigenvalue weighted by Crippen LogP contribution is 2.67. The van der Waals surface area contributed by atoms with Crippen molar-refractivity contribution in [3.63, 3.8) is 0 Å². The van der Waals surface area contributed by atoms with Gasteiger partial charge in [0.05, 0.1) is 13.2 Å². The first-order valence-electron chi connectivity index (χ1n) is 12.1. The number of allylic oxidation sites excluding steroid dienone is 1. The molecule has 3 saturated carbocycles. The first-order valence-corrected chi connectivity index (χ1v) is 12.1. The number of carbonyl (C=O) groups is 2. The van der Waals surface area contributed by atoms with Gasteiger partial charge in [-0.15, -0.1) is 0 Å². The van der Waals surface area contributed by atoms with Crippen LogP contribution >= 0.6 is 0 Å². The lowest BCUT2D eigenvalue weighted by atomic mass is 9.46. The molecule has 6 atom stereocenters. The summed E-state index contributed by atoms with van der Waals surface area (Å²) in [5.74, 6) is 1.84. The van der Waals surface area contributed by atoms with E-state index in [0.29, 0.717) is 31.0 Å². The maximum absolute atomic E-state index is 11.8. The van der Waals surface area contributed by atoms with E-state index in [1.54, 1.807) is 6.92 Å². The third kappa shape index (κ3) is 3.02. The van der Waals surface area contributed by atoms with E-state index < -0.39 is 5.79 Å². The summed E-state index contributed by atoms with van der Waals surface area (Å²) in [6.07, 6.45) is 13.4. The van der Waals surface area contributed by atoms with Crippen LogP contribution in [0.5, 0.6) is 0 Å². The van der Waals surface area contributed by atoms with E-state index in [4.69, 9.17) is 9.47 Å². The van der Waals surface area contributed by atoms with Crippen molar-refractivity contribution in [1.82, 2.24) is 5.32 Å². The molecular formula is C25H37NO4. The Morgan fingerprint density at radius 3 is 2.70 bits per heavy atom. The third-order valence-corrected chi connectivity index (χ3v) is 9.83. The third-order valence-electron chi connectivity index (χ3n) is 9.83. The summed E-state index contributed by atoms with van der Waals surface area (Å²) in [6.45, 7) is 6.14. The molecule has 0 aromatic rings. The van der Waals surface area contributed by atoms with E-state index in [1.807, 2.05) is 0 Å². The first kappa shape index (κ1) is 20.7. The molecule has 30 heavy (non-hydrogen) atoms. The second kappa shape index (κ2) is 7.44. The average Bonchev–Trinajstić information content (AvgIpc) is 3.31. The van der Waals surface area contributed by atoms with Crippen molar-refractivity contribution in [2.45, 2.75) is 77.4 Å². The molecule has 166 valence electrons. The van der Waals surface area contributed by atoms with Gasteiger partial charge in [0.25, 0.3) is 0 Å². The average molecular weight is 416 g/mol. The van der Waals surface area contributed by atoms with Crippen LogP contribution in [0.1, 0.15) is 71.6 Å². The lowest BCUT2D eigenvalue weighted by Crippen LogP contribution is -2.54. The molecule has 1 saturated heterocycles. The molecule has 1 aliphatic heterocycles. The monoisotopic (exact) mass is 415 g/mol. The fraction of sp³-hybridized carbons (Fsp3) is 0.840. The summed E-state index contributed by atoms with van der Waals surface area (Å²) < 4.78 is 12.2. The maximum Gasteiger partial charge on any atom is 0.216 e. The highest BCUT2D eigenvalue weighted by molar-refractivity contribution is 5.72. The minimum absolute atomic E-state index is 0.0554. The van der Waals surface area contributed by atoms with Gasteiger partial charge in [0, 0.05) is 32.2 Å². The maximum atomic E-state index is 11.8. The van der Waals surface area contributed by atoms with Gasteiger partial charge in [-0.3, -0.25) is 4.79 Å². The van der Waals surface area contributed by atoms with Crippen LogP contribution in [0.2, 0.25) is 0 Å². The molecule has 5 nitrogen and oxygen atoms in total. The van der Waals surface area contributed by atoms with Crippen molar-refractivity contribution in [1.29, 1.82) is 0 Å². The summed E-state index contributed by atoms with van der Waals surface area (Å²) in [4.78, 5) is 23.4. The number of ether oxygens (including phenoxy) is 2. The minimum atomic E-state index is -0.407. The van der Waals surface area contributed by atoms with Gasteiger partial charge in [-0.2, -0.15) is 0 Å². The van der Waals surface area contributed by atoms with E-state index in [9.17, 15) is 9.59 Å². The smallest absolute Gasteiger partial charge is 0.216 e. The number of fused-ring (bicyclic) bond motifs is 5. The number of nitrogens with one attached hydrogen (secondary N) is 1. The fourth-order valence-electron chi connectivity index (χ4n) is 8.35. The van der Waals surface area contributed by atoms with Gasteiger partial charge in [0.2, 0.25) is 5.91 Å². The van der Waals surface area contributed by atoms with Crippen LogP contribution in [-0.2, 0) is 19.1 Å². The SMILES string of the molecule is CC(=O)NCCC12CCC3(CC1=CC[C@@H]1[C@@H]2CC[C@]2(C)C(C=O)CC[C@@H]12)OCCO3. The molecule has 0 bridgehead atoms. The van der Waals surface area contributed by atoms with Crippen molar-refractivity contribution in [3.05, 3.63) is 11.6 Å². The summed E-state index contributed by atoms with van der Waals surface area (Å²) in [5.41, 5.74) is 1.85. The van der Waals surface area contributed by atoms with Crippen LogP contribution < -0.4 is 5.32 Å². The lowest BCUT2D eigenvalue weighted by Gasteiger charge is -2.60. The summed E-state index contributed by atoms with van der Waals surface area (Å²) in [7, 11) is 0. The second-order valence-corrected chi connectivity index (χ2v) is 10.9. The molecule has 5 rings (SSSR count). The highest BCUT2D eigenvalue weighted by Gasteiger charge is 2.61. The molecule has 4 aliphatic carbocycles. The van der Waals surface area contributed by atoms with Gasteiger partial charge in [-0.25, -0.2) is 0 Å². The molecule has 5 heteroatoms. The molecule has 1 heterocycles. The van der Waals surface area contributed by atoms with E-state index in [-0.39, 0.29) is 22.7 Å². The highest BCUT2D eigenvalue weighted by atomic mass is 16.7. The number of hydrogen-bond donors (Lipinski definition) is 1. The van der Waals surface area contributed by atoms with Crippen molar-refractivity contribution >= 4 is 12.2 Å². The Balaban J connectivity index is 1.46. The number of carbonyl (C=O) groups excluding carboxylic acids is 2. The zero-order chi connectivity index (χ0) is 21.0. The molecule has 0 aromatic carbocycles. The standard InChI is InChI=1S/C25H37NO4/c1-17(28)26-12-11-24-9-10-25(29-13-14-30-25)15-18(24)3-5-20-21-6-4-19(16-27)23(21,2)8-7-22(20)24/h3,16,19-22H,4-15H2,1-2H3,(H,26,28)/t19?,20-,21-,22-,23+,24?/m0/s1. The fourth-order valence-corrected chi connectivity index (χ4v) is 8.35. The topological polar surface area (TPSA) is 64.6 Å². The Hall–Kier alpha value is -1.20. The van der Waals surface area contributed by atoms with Gasteiger partial charge in [0.1, 0.15) is 6.29 Å². The predicted molar refractivity (Wildman–Crippen MR) is 114 cm³/mol. The Bertz CT molecular complexity index is 741. The van der Waals surface area contributed by atoms with Gasteiger partial charge < -0.3 is 19.6 Å². The van der Waals surface area contributed by atoms with Crippen LogP contribution in [-0.4, -0.2) is 37.7 Å². The largest absolute Gasteiger partial charge is 0.356 e. The van der Waals surface area contributed by atoms with Crippen LogP contribution in [0.3, 0.4) is 0 Å². The Morgan fingerprint density at radius 2 is 1.97 bits per heavy atom. The molecule has 1 amide bonds. The second-order valence-electron chi connectivity index (χ2n) is 10.9. The van der Waals surface area contributed by atoms with E-state index in [2.05, 4.69) is 18.3 Å². The van der Waals surface area contributed by atoms with Crippen molar-refractivity contribution in [2.24, 2.45) is 34.5 Å². The number of rotatable bonds is 4. The molecule has 1 spiro atoms. The molecular weight excluding hydrogens is 378 g/mol. The normalized spacial score (nSPS) is 44.0. The van der Waals surface area contributed by atoms with Crippen molar-refractivity contribution in [2.75, 3.05) is 19.8 Å². The van der Waals surface area contributed by atoms with E-state index >= 15 is 0 Å². The van der Waals surface area contributed by atoms with Gasteiger partial charge in [0.15, 0.2) is 5.79 Å². The van der Waals surface area contributed by atoms with Crippen LogP contribution in [0.25, 0.3) is 0 Å². The van der Waals surface area contributed by atoms with E-state index in [0.717, 1.165) is 51.5 Å².